The predicted octanol–water partition coefficient (Wildman–Crippen LogP) is 2.52. The van der Waals surface area contributed by atoms with Gasteiger partial charge in [-0.1, -0.05) is 32.5 Å². The van der Waals surface area contributed by atoms with Gasteiger partial charge in [-0.3, -0.25) is 0 Å². The summed E-state index contributed by atoms with van der Waals surface area (Å²) in [4.78, 5) is 0. The van der Waals surface area contributed by atoms with Crippen LogP contribution in [0, 0.1) is 0 Å². The minimum atomic E-state index is 0.293. The summed E-state index contributed by atoms with van der Waals surface area (Å²) in [5.74, 6) is 0. The Labute approximate surface area is 63.1 Å². The lowest BCUT2D eigenvalue weighted by molar-refractivity contribution is 0.770. The third kappa shape index (κ3) is 6.76. The number of rotatable bonds is 4. The van der Waals surface area contributed by atoms with Crippen molar-refractivity contribution in [1.29, 1.82) is 0 Å². The fourth-order valence-corrected chi connectivity index (χ4v) is 0.942. The summed E-state index contributed by atoms with van der Waals surface area (Å²) in [5.41, 5.74) is 0. The second kappa shape index (κ2) is 5.89. The van der Waals surface area contributed by atoms with Crippen molar-refractivity contribution in [2.45, 2.75) is 32.5 Å². The number of thiol groups is 2. The first-order valence-corrected chi connectivity index (χ1v) is 4.16. The quantitative estimate of drug-likeness (QED) is 0.341. The monoisotopic (exact) mass is 148 g/mol. The van der Waals surface area contributed by atoms with Crippen LogP contribution in [0.25, 0.3) is 0 Å². The van der Waals surface area contributed by atoms with Crippen LogP contribution in [-0.4, -0.2) is 5.27 Å². The SMILES string of the molecule is CCCCCB(S)S. The first-order valence-electron chi connectivity index (χ1n) is 3.13. The van der Waals surface area contributed by atoms with Crippen LogP contribution in [0.2, 0.25) is 6.32 Å². The third-order valence-electron chi connectivity index (χ3n) is 1.07. The van der Waals surface area contributed by atoms with Gasteiger partial charge >= 0.3 is 0 Å². The van der Waals surface area contributed by atoms with Crippen LogP contribution in [0.1, 0.15) is 26.2 Å². The second-order valence-electron chi connectivity index (χ2n) is 1.98. The van der Waals surface area contributed by atoms with Crippen molar-refractivity contribution in [1.82, 2.24) is 0 Å². The molecule has 0 saturated heterocycles. The van der Waals surface area contributed by atoms with Gasteiger partial charge in [0.2, 0.25) is 0 Å². The topological polar surface area (TPSA) is 0 Å². The van der Waals surface area contributed by atoms with E-state index in [9.17, 15) is 0 Å². The predicted molar refractivity (Wildman–Crippen MR) is 48.1 cm³/mol. The molecule has 48 valence electrons. The zero-order chi connectivity index (χ0) is 6.41. The molecular formula is C5H13BS2. The fraction of sp³-hybridized carbons (Fsp3) is 1.00. The molecule has 0 aliphatic heterocycles. The van der Waals surface area contributed by atoms with Gasteiger partial charge in [-0.05, 0) is 0 Å². The molecule has 0 amide bonds. The van der Waals surface area contributed by atoms with Crippen molar-refractivity contribution in [3.63, 3.8) is 0 Å². The summed E-state index contributed by atoms with van der Waals surface area (Å²) in [6.07, 6.45) is 5.01. The summed E-state index contributed by atoms with van der Waals surface area (Å²) in [7, 11) is 0. The molecular weight excluding hydrogens is 135 g/mol. The van der Waals surface area contributed by atoms with Gasteiger partial charge in [-0.2, -0.15) is 0 Å². The third-order valence-corrected chi connectivity index (χ3v) is 1.58. The van der Waals surface area contributed by atoms with E-state index in [2.05, 4.69) is 31.9 Å². The Hall–Kier alpha value is 0.765. The van der Waals surface area contributed by atoms with Crippen molar-refractivity contribution in [2.75, 3.05) is 0 Å². The van der Waals surface area contributed by atoms with Crippen molar-refractivity contribution in [2.24, 2.45) is 0 Å². The minimum Gasteiger partial charge on any atom is -0.213 e. The van der Waals surface area contributed by atoms with Crippen molar-refractivity contribution >= 4 is 30.2 Å². The average molecular weight is 148 g/mol. The Morgan fingerprint density at radius 1 is 1.25 bits per heavy atom. The maximum atomic E-state index is 4.14. The Morgan fingerprint density at radius 2 is 1.88 bits per heavy atom. The van der Waals surface area contributed by atoms with Crippen LogP contribution in [0.15, 0.2) is 0 Å². The molecule has 0 nitrogen and oxygen atoms in total. The van der Waals surface area contributed by atoms with Crippen LogP contribution in [0.5, 0.6) is 0 Å². The first kappa shape index (κ1) is 8.76. The van der Waals surface area contributed by atoms with E-state index in [0.29, 0.717) is 5.27 Å². The van der Waals surface area contributed by atoms with Crippen LogP contribution in [0.4, 0.5) is 0 Å². The maximum Gasteiger partial charge on any atom is 0.267 e. The highest BCUT2D eigenvalue weighted by Crippen LogP contribution is 2.08. The fourth-order valence-electron chi connectivity index (χ4n) is 0.577. The van der Waals surface area contributed by atoms with Gasteiger partial charge in [-0.15, -0.1) is 0 Å². The summed E-state index contributed by atoms with van der Waals surface area (Å²) in [6.45, 7) is 2.20. The van der Waals surface area contributed by atoms with Crippen molar-refractivity contribution < 1.29 is 0 Å². The van der Waals surface area contributed by atoms with Gasteiger partial charge in [0.25, 0.3) is 5.27 Å². The van der Waals surface area contributed by atoms with E-state index in [4.69, 9.17) is 0 Å². The smallest absolute Gasteiger partial charge is 0.213 e. The minimum absolute atomic E-state index is 0.293. The lowest BCUT2D eigenvalue weighted by Crippen LogP contribution is -1.90. The van der Waals surface area contributed by atoms with Crippen LogP contribution < -0.4 is 0 Å². The van der Waals surface area contributed by atoms with Gasteiger partial charge in [0.15, 0.2) is 0 Å². The highest BCUT2D eigenvalue weighted by atomic mass is 32.2. The number of hydrogen-bond donors (Lipinski definition) is 2. The zero-order valence-corrected chi connectivity index (χ0v) is 7.09. The average Bonchev–Trinajstić information content (AvgIpc) is 1.66. The summed E-state index contributed by atoms with van der Waals surface area (Å²) < 4.78 is 0. The molecule has 0 aliphatic rings. The lowest BCUT2D eigenvalue weighted by Gasteiger charge is -1.95. The molecule has 0 N–H and O–H groups in total. The highest BCUT2D eigenvalue weighted by Gasteiger charge is 1.98. The number of unbranched alkanes of at least 4 members (excludes halogenated alkanes) is 2. The van der Waals surface area contributed by atoms with Crippen molar-refractivity contribution in [3.05, 3.63) is 0 Å². The molecule has 0 heterocycles. The molecule has 0 radical (unpaired) electrons. The largest absolute Gasteiger partial charge is 0.267 e. The summed E-state index contributed by atoms with van der Waals surface area (Å²) >= 11 is 8.27. The van der Waals surface area contributed by atoms with Gasteiger partial charge in [0.05, 0.1) is 0 Å². The summed E-state index contributed by atoms with van der Waals surface area (Å²) in [6, 6.07) is 0. The standard InChI is InChI=1S/C5H13BS2/c1-2-3-4-5-6(7)8/h7-8H,2-5H2,1H3. The Kier molecular flexibility index (Phi) is 6.46. The Balaban J connectivity index is 2.72. The van der Waals surface area contributed by atoms with Gasteiger partial charge in [0, 0.05) is 0 Å². The zero-order valence-electron chi connectivity index (χ0n) is 5.30. The molecule has 0 aromatic rings. The highest BCUT2D eigenvalue weighted by molar-refractivity contribution is 8.40. The van der Waals surface area contributed by atoms with E-state index < -0.39 is 0 Å². The Morgan fingerprint density at radius 3 is 2.25 bits per heavy atom. The molecule has 0 rings (SSSR count). The normalized spacial score (nSPS) is 9.38. The first-order chi connectivity index (χ1) is 3.77. The molecule has 0 aliphatic carbocycles. The maximum absolute atomic E-state index is 4.14. The molecule has 0 unspecified atom stereocenters. The molecule has 3 heteroatoms. The number of hydrogen-bond acceptors (Lipinski definition) is 2. The van der Waals surface area contributed by atoms with Gasteiger partial charge in [-0.25, -0.2) is 25.0 Å². The lowest BCUT2D eigenvalue weighted by atomic mass is 9.96. The molecule has 0 atom stereocenters. The molecule has 0 aromatic carbocycles. The van der Waals surface area contributed by atoms with E-state index in [0.717, 1.165) is 6.32 Å². The van der Waals surface area contributed by atoms with Crippen LogP contribution >= 0.6 is 25.0 Å². The van der Waals surface area contributed by atoms with Gasteiger partial charge < -0.3 is 0 Å². The molecule has 0 bridgehead atoms. The summed E-state index contributed by atoms with van der Waals surface area (Å²) in [5, 5.41) is 0.293. The van der Waals surface area contributed by atoms with Gasteiger partial charge in [0.1, 0.15) is 0 Å². The van der Waals surface area contributed by atoms with E-state index >= 15 is 0 Å². The van der Waals surface area contributed by atoms with E-state index in [-0.39, 0.29) is 0 Å². The van der Waals surface area contributed by atoms with E-state index in [1.54, 1.807) is 0 Å². The van der Waals surface area contributed by atoms with Crippen LogP contribution in [-0.2, 0) is 0 Å². The van der Waals surface area contributed by atoms with Crippen LogP contribution in [0.3, 0.4) is 0 Å². The molecule has 0 saturated carbocycles. The molecule has 0 fully saturated rings. The molecule has 0 spiro atoms. The van der Waals surface area contributed by atoms with Crippen molar-refractivity contribution in [3.8, 4) is 0 Å². The van der Waals surface area contributed by atoms with E-state index in [1.807, 2.05) is 0 Å². The molecule has 0 aromatic heterocycles. The second-order valence-corrected chi connectivity index (χ2v) is 3.63. The van der Waals surface area contributed by atoms with E-state index in [1.165, 1.54) is 19.3 Å². The Bertz CT molecular complexity index is 47.7. The molecule has 8 heavy (non-hydrogen) atoms.